The lowest BCUT2D eigenvalue weighted by molar-refractivity contribution is -0.113. The van der Waals surface area contributed by atoms with E-state index in [4.69, 9.17) is 4.42 Å². The molecule has 0 radical (unpaired) electrons. The number of carbonyl (C=O) groups is 3. The fraction of sp³-hybridized carbons (Fsp3) is 0.143. The number of amides is 1. The van der Waals surface area contributed by atoms with Crippen molar-refractivity contribution in [3.05, 3.63) is 76.2 Å². The molecule has 0 aliphatic heterocycles. The van der Waals surface area contributed by atoms with E-state index in [1.807, 2.05) is 13.8 Å². The molecule has 1 aliphatic carbocycles. The first-order valence-corrected chi connectivity index (χ1v) is 9.62. The molecule has 0 saturated carbocycles. The number of thioether (sulfide) groups is 1. The third-order valence-electron chi connectivity index (χ3n) is 4.56. The maximum Gasteiger partial charge on any atom is 0.256 e. The van der Waals surface area contributed by atoms with Crippen LogP contribution in [-0.2, 0) is 4.79 Å². The van der Waals surface area contributed by atoms with Crippen LogP contribution in [0.25, 0.3) is 0 Å². The minimum Gasteiger partial charge on any atom is -0.437 e. The van der Waals surface area contributed by atoms with Crippen LogP contribution in [0.2, 0.25) is 0 Å². The summed E-state index contributed by atoms with van der Waals surface area (Å²) in [4.78, 5) is 42.3. The van der Waals surface area contributed by atoms with E-state index in [9.17, 15) is 14.4 Å². The minimum atomic E-state index is -0.314. The summed E-state index contributed by atoms with van der Waals surface area (Å²) in [6.45, 7) is 3.64. The number of aromatic nitrogens is 1. The van der Waals surface area contributed by atoms with Gasteiger partial charge in [0.1, 0.15) is 5.76 Å². The van der Waals surface area contributed by atoms with Gasteiger partial charge in [0, 0.05) is 16.7 Å². The Morgan fingerprint density at radius 1 is 1.00 bits per heavy atom. The van der Waals surface area contributed by atoms with Crippen molar-refractivity contribution in [3.63, 3.8) is 0 Å². The average Bonchev–Trinajstić information content (AvgIpc) is 3.02. The van der Waals surface area contributed by atoms with Crippen molar-refractivity contribution in [1.29, 1.82) is 0 Å². The van der Waals surface area contributed by atoms with Crippen molar-refractivity contribution in [2.75, 3.05) is 11.1 Å². The third kappa shape index (κ3) is 3.14. The first kappa shape index (κ1) is 18.2. The molecule has 3 aromatic rings. The van der Waals surface area contributed by atoms with E-state index in [0.717, 1.165) is 5.69 Å². The van der Waals surface area contributed by atoms with Crippen molar-refractivity contribution >= 4 is 34.9 Å². The van der Waals surface area contributed by atoms with Crippen LogP contribution in [0.3, 0.4) is 0 Å². The van der Waals surface area contributed by atoms with Crippen molar-refractivity contribution < 1.29 is 18.8 Å². The Kier molecular flexibility index (Phi) is 4.60. The van der Waals surface area contributed by atoms with E-state index in [0.29, 0.717) is 33.4 Å². The summed E-state index contributed by atoms with van der Waals surface area (Å²) >= 11 is 1.17. The van der Waals surface area contributed by atoms with Gasteiger partial charge in [-0.15, -0.1) is 0 Å². The van der Waals surface area contributed by atoms with Crippen molar-refractivity contribution in [1.82, 2.24) is 4.98 Å². The van der Waals surface area contributed by atoms with Crippen LogP contribution >= 0.6 is 11.8 Å². The van der Waals surface area contributed by atoms with E-state index in [1.165, 1.54) is 11.8 Å². The second-order valence-corrected chi connectivity index (χ2v) is 7.32. The number of anilines is 1. The smallest absolute Gasteiger partial charge is 0.256 e. The maximum atomic E-state index is 12.9. The van der Waals surface area contributed by atoms with E-state index in [-0.39, 0.29) is 28.8 Å². The SMILES string of the molecule is Cc1nc(SCC(=O)Nc2cccc3c2C(=O)c2ccccc2C3=O)oc1C. The molecule has 0 atom stereocenters. The largest absolute Gasteiger partial charge is 0.437 e. The van der Waals surface area contributed by atoms with Gasteiger partial charge in [-0.25, -0.2) is 4.98 Å². The Morgan fingerprint density at radius 2 is 1.68 bits per heavy atom. The van der Waals surface area contributed by atoms with Crippen LogP contribution in [0.5, 0.6) is 0 Å². The summed E-state index contributed by atoms with van der Waals surface area (Å²) in [5.74, 6) is -0.0233. The van der Waals surface area contributed by atoms with Gasteiger partial charge in [0.15, 0.2) is 11.6 Å². The predicted molar refractivity (Wildman–Crippen MR) is 105 cm³/mol. The Balaban J connectivity index is 1.57. The molecule has 1 aromatic heterocycles. The molecule has 6 nitrogen and oxygen atoms in total. The molecule has 0 spiro atoms. The van der Waals surface area contributed by atoms with Gasteiger partial charge in [-0.05, 0) is 19.9 Å². The molecule has 0 fully saturated rings. The van der Waals surface area contributed by atoms with Gasteiger partial charge in [0.2, 0.25) is 5.91 Å². The van der Waals surface area contributed by atoms with Gasteiger partial charge in [-0.3, -0.25) is 14.4 Å². The molecule has 1 aliphatic rings. The van der Waals surface area contributed by atoms with Crippen molar-refractivity contribution in [2.45, 2.75) is 19.1 Å². The van der Waals surface area contributed by atoms with Crippen molar-refractivity contribution in [2.24, 2.45) is 0 Å². The molecular weight excluding hydrogens is 376 g/mol. The Bertz CT molecular complexity index is 1110. The lowest BCUT2D eigenvalue weighted by Crippen LogP contribution is -2.24. The van der Waals surface area contributed by atoms with Gasteiger partial charge in [-0.2, -0.15) is 0 Å². The Labute approximate surface area is 165 Å². The van der Waals surface area contributed by atoms with Gasteiger partial charge in [0.25, 0.3) is 5.22 Å². The van der Waals surface area contributed by atoms with Crippen LogP contribution < -0.4 is 5.32 Å². The fourth-order valence-corrected chi connectivity index (χ4v) is 3.78. The number of aryl methyl sites for hydroxylation is 2. The Hall–Kier alpha value is -3.19. The lowest BCUT2D eigenvalue weighted by Gasteiger charge is -2.20. The molecule has 0 unspecified atom stereocenters. The molecule has 7 heteroatoms. The van der Waals surface area contributed by atoms with Crippen LogP contribution in [-0.4, -0.2) is 28.2 Å². The molecule has 0 bridgehead atoms. The highest BCUT2D eigenvalue weighted by Crippen LogP contribution is 2.32. The first-order chi connectivity index (χ1) is 13.5. The normalized spacial score (nSPS) is 12.5. The summed E-state index contributed by atoms with van der Waals surface area (Å²) in [5.41, 5.74) is 2.37. The predicted octanol–water partition coefficient (Wildman–Crippen LogP) is 3.80. The number of benzene rings is 2. The minimum absolute atomic E-state index is 0.0712. The van der Waals surface area contributed by atoms with Crippen molar-refractivity contribution in [3.8, 4) is 0 Å². The van der Waals surface area contributed by atoms with Gasteiger partial charge in [-0.1, -0.05) is 48.2 Å². The lowest BCUT2D eigenvalue weighted by atomic mass is 9.83. The summed E-state index contributed by atoms with van der Waals surface area (Å²) < 4.78 is 5.45. The third-order valence-corrected chi connectivity index (χ3v) is 5.39. The summed E-state index contributed by atoms with van der Waals surface area (Å²) in [5, 5.41) is 3.16. The number of ketones is 2. The number of fused-ring (bicyclic) bond motifs is 2. The number of hydrogen-bond donors (Lipinski definition) is 1. The maximum absolute atomic E-state index is 12.9. The van der Waals surface area contributed by atoms with Crippen LogP contribution in [0.1, 0.15) is 43.3 Å². The number of oxazole rings is 1. The highest BCUT2D eigenvalue weighted by molar-refractivity contribution is 7.99. The van der Waals surface area contributed by atoms with Gasteiger partial charge in [0.05, 0.1) is 22.7 Å². The quantitative estimate of drug-likeness (QED) is 0.532. The molecule has 140 valence electrons. The monoisotopic (exact) mass is 392 g/mol. The van der Waals surface area contributed by atoms with E-state index in [1.54, 1.807) is 42.5 Å². The van der Waals surface area contributed by atoms with Gasteiger partial charge >= 0.3 is 0 Å². The second kappa shape index (κ2) is 7.09. The molecule has 28 heavy (non-hydrogen) atoms. The van der Waals surface area contributed by atoms with Crippen LogP contribution in [0.4, 0.5) is 5.69 Å². The molecule has 0 saturated heterocycles. The van der Waals surface area contributed by atoms with E-state index in [2.05, 4.69) is 10.3 Å². The van der Waals surface area contributed by atoms with Crippen LogP contribution in [0.15, 0.2) is 52.1 Å². The number of rotatable bonds is 4. The molecule has 1 heterocycles. The molecule has 4 rings (SSSR count). The molecule has 1 amide bonds. The number of nitrogens with zero attached hydrogens (tertiary/aromatic N) is 1. The van der Waals surface area contributed by atoms with Crippen LogP contribution in [0, 0.1) is 13.8 Å². The summed E-state index contributed by atoms with van der Waals surface area (Å²) in [6.07, 6.45) is 0. The average molecular weight is 392 g/mol. The summed E-state index contributed by atoms with van der Waals surface area (Å²) in [6, 6.07) is 11.6. The zero-order chi connectivity index (χ0) is 19.8. The number of hydrogen-bond acceptors (Lipinski definition) is 6. The fourth-order valence-electron chi connectivity index (χ4n) is 3.07. The topological polar surface area (TPSA) is 89.3 Å². The Morgan fingerprint density at radius 3 is 2.36 bits per heavy atom. The number of carbonyl (C=O) groups excluding carboxylic acids is 3. The van der Waals surface area contributed by atoms with E-state index >= 15 is 0 Å². The molecular formula is C21H16N2O4S. The zero-order valence-corrected chi connectivity index (χ0v) is 16.1. The highest BCUT2D eigenvalue weighted by Gasteiger charge is 2.31. The zero-order valence-electron chi connectivity index (χ0n) is 15.2. The molecule has 1 N–H and O–H groups in total. The standard InChI is InChI=1S/C21H16N2O4S/c1-11-12(2)27-21(22-11)28-10-17(24)23-16-9-5-8-15-18(16)20(26)14-7-4-3-6-13(14)19(15)25/h3-9H,10H2,1-2H3,(H,23,24). The summed E-state index contributed by atoms with van der Waals surface area (Å²) in [7, 11) is 0. The molecule has 2 aromatic carbocycles. The van der Waals surface area contributed by atoms with Gasteiger partial charge < -0.3 is 9.73 Å². The highest BCUT2D eigenvalue weighted by atomic mass is 32.2. The second-order valence-electron chi connectivity index (χ2n) is 6.39. The number of nitrogens with one attached hydrogen (secondary N) is 1. The first-order valence-electron chi connectivity index (χ1n) is 8.64. The van der Waals surface area contributed by atoms with E-state index < -0.39 is 0 Å².